The molecule has 1 aliphatic heterocycles. The molecule has 1 atom stereocenters. The van der Waals surface area contributed by atoms with Crippen LogP contribution in [-0.4, -0.2) is 25.9 Å². The van der Waals surface area contributed by atoms with Crippen molar-refractivity contribution in [2.75, 3.05) is 5.32 Å². The first-order valence-corrected chi connectivity index (χ1v) is 8.21. The summed E-state index contributed by atoms with van der Waals surface area (Å²) in [6.07, 6.45) is 3.86. The third kappa shape index (κ3) is 2.61. The summed E-state index contributed by atoms with van der Waals surface area (Å²) in [4.78, 5) is 12.3. The lowest BCUT2D eigenvalue weighted by Crippen LogP contribution is -2.25. The van der Waals surface area contributed by atoms with E-state index in [0.717, 1.165) is 28.2 Å². The Labute approximate surface area is 144 Å². The number of anilines is 1. The number of hydrogen-bond acceptors (Lipinski definition) is 3. The summed E-state index contributed by atoms with van der Waals surface area (Å²) in [7, 11) is 0. The maximum atomic E-state index is 13.2. The van der Waals surface area contributed by atoms with Gasteiger partial charge in [-0.2, -0.15) is 10.2 Å². The molecule has 7 heteroatoms. The largest absolute Gasteiger partial charge is 0.311 e. The van der Waals surface area contributed by atoms with E-state index in [1.807, 2.05) is 18.5 Å². The van der Waals surface area contributed by atoms with Crippen molar-refractivity contribution in [2.45, 2.75) is 32.2 Å². The molecule has 0 unspecified atom stereocenters. The van der Waals surface area contributed by atoms with Gasteiger partial charge >= 0.3 is 0 Å². The monoisotopic (exact) mass is 339 g/mol. The predicted octanol–water partition coefficient (Wildman–Crippen LogP) is 3.47. The summed E-state index contributed by atoms with van der Waals surface area (Å²) in [5.74, 6) is 0.256. The van der Waals surface area contributed by atoms with E-state index >= 15 is 0 Å². The molecule has 3 aromatic rings. The molecule has 6 nitrogen and oxygen atoms in total. The Morgan fingerprint density at radius 2 is 1.96 bits per heavy atom. The molecule has 0 radical (unpaired) electrons. The van der Waals surface area contributed by atoms with Gasteiger partial charge in [0, 0.05) is 35.1 Å². The molecular weight excluding hydrogens is 321 g/mol. The van der Waals surface area contributed by atoms with Crippen molar-refractivity contribution >= 4 is 11.7 Å². The van der Waals surface area contributed by atoms with Gasteiger partial charge in [0.05, 0.1) is 18.1 Å². The first-order chi connectivity index (χ1) is 12.0. The number of amides is 1. The van der Waals surface area contributed by atoms with Crippen LogP contribution in [0.3, 0.4) is 0 Å². The van der Waals surface area contributed by atoms with Gasteiger partial charge in [-0.3, -0.25) is 9.89 Å². The molecule has 0 fully saturated rings. The van der Waals surface area contributed by atoms with E-state index in [-0.39, 0.29) is 23.7 Å². The number of halogens is 1. The summed E-state index contributed by atoms with van der Waals surface area (Å²) in [5.41, 5.74) is 3.50. The van der Waals surface area contributed by atoms with Crippen LogP contribution < -0.4 is 5.32 Å². The first kappa shape index (κ1) is 15.6. The molecule has 2 aromatic heterocycles. The van der Waals surface area contributed by atoms with E-state index in [1.165, 1.54) is 12.1 Å². The van der Waals surface area contributed by atoms with E-state index < -0.39 is 0 Å². The fourth-order valence-electron chi connectivity index (χ4n) is 3.31. The fraction of sp³-hybridized carbons (Fsp3) is 0.278. The lowest BCUT2D eigenvalue weighted by molar-refractivity contribution is -0.116. The molecule has 25 heavy (non-hydrogen) atoms. The number of fused-ring (bicyclic) bond motifs is 1. The molecule has 128 valence electrons. The average Bonchev–Trinajstić information content (AvgIpc) is 3.21. The Hall–Kier alpha value is -2.96. The zero-order chi connectivity index (χ0) is 17.6. The Bertz CT molecular complexity index is 925. The number of H-pyrrole nitrogens is 1. The normalized spacial score (nSPS) is 16.8. The van der Waals surface area contributed by atoms with Crippen molar-refractivity contribution in [1.29, 1.82) is 0 Å². The molecule has 4 rings (SSSR count). The predicted molar refractivity (Wildman–Crippen MR) is 91.7 cm³/mol. The summed E-state index contributed by atoms with van der Waals surface area (Å²) in [6.45, 7) is 4.04. The molecule has 0 bridgehead atoms. The smallest absolute Gasteiger partial charge is 0.226 e. The highest BCUT2D eigenvalue weighted by molar-refractivity contribution is 5.94. The van der Waals surface area contributed by atoms with Gasteiger partial charge in [-0.1, -0.05) is 0 Å². The second kappa shape index (κ2) is 5.84. The lowest BCUT2D eigenvalue weighted by Gasteiger charge is -2.24. The zero-order valence-electron chi connectivity index (χ0n) is 14.0. The number of carbonyl (C=O) groups is 1. The van der Waals surface area contributed by atoms with Crippen LogP contribution in [0.15, 0.2) is 36.7 Å². The summed E-state index contributed by atoms with van der Waals surface area (Å²) < 4.78 is 15.0. The van der Waals surface area contributed by atoms with Gasteiger partial charge in [0.25, 0.3) is 0 Å². The van der Waals surface area contributed by atoms with Crippen LogP contribution in [0.25, 0.3) is 11.3 Å². The number of aromatic amines is 1. The minimum absolute atomic E-state index is 0.0499. The second-order valence-electron chi connectivity index (χ2n) is 6.50. The number of rotatable bonds is 3. The second-order valence-corrected chi connectivity index (χ2v) is 6.50. The third-order valence-electron chi connectivity index (χ3n) is 4.51. The SMILES string of the molecule is CC(C)n1ncc2c1NC(=O)C[C@H]2c1cn[nH]c1-c1ccc(F)cc1. The lowest BCUT2D eigenvalue weighted by atomic mass is 9.86. The third-order valence-corrected chi connectivity index (χ3v) is 4.51. The molecule has 0 aliphatic carbocycles. The van der Waals surface area contributed by atoms with Crippen LogP contribution in [0, 0.1) is 5.82 Å². The van der Waals surface area contributed by atoms with E-state index in [1.54, 1.807) is 24.5 Å². The van der Waals surface area contributed by atoms with Gasteiger partial charge in [0.15, 0.2) is 0 Å². The molecule has 1 aromatic carbocycles. The Morgan fingerprint density at radius 1 is 1.20 bits per heavy atom. The Morgan fingerprint density at radius 3 is 2.68 bits per heavy atom. The van der Waals surface area contributed by atoms with Crippen LogP contribution in [0.1, 0.15) is 43.4 Å². The molecule has 0 saturated carbocycles. The van der Waals surface area contributed by atoms with Gasteiger partial charge in [0.2, 0.25) is 5.91 Å². The average molecular weight is 339 g/mol. The van der Waals surface area contributed by atoms with E-state index in [4.69, 9.17) is 0 Å². The van der Waals surface area contributed by atoms with Gasteiger partial charge in [-0.25, -0.2) is 9.07 Å². The van der Waals surface area contributed by atoms with Crippen LogP contribution in [0.2, 0.25) is 0 Å². The molecule has 3 heterocycles. The van der Waals surface area contributed by atoms with Gasteiger partial charge in [-0.05, 0) is 38.1 Å². The molecule has 1 amide bonds. The number of aromatic nitrogens is 4. The number of nitrogens with zero attached hydrogens (tertiary/aromatic N) is 3. The quantitative estimate of drug-likeness (QED) is 0.767. The van der Waals surface area contributed by atoms with Crippen LogP contribution in [0.5, 0.6) is 0 Å². The van der Waals surface area contributed by atoms with E-state index in [0.29, 0.717) is 6.42 Å². The molecule has 0 spiro atoms. The van der Waals surface area contributed by atoms with Crippen molar-refractivity contribution in [1.82, 2.24) is 20.0 Å². The first-order valence-electron chi connectivity index (χ1n) is 8.21. The van der Waals surface area contributed by atoms with Crippen molar-refractivity contribution < 1.29 is 9.18 Å². The number of nitrogens with one attached hydrogen (secondary N) is 2. The highest BCUT2D eigenvalue weighted by Crippen LogP contribution is 2.40. The fourth-order valence-corrected chi connectivity index (χ4v) is 3.31. The van der Waals surface area contributed by atoms with Gasteiger partial charge in [0.1, 0.15) is 11.6 Å². The molecule has 2 N–H and O–H groups in total. The molecular formula is C18H18FN5O. The van der Waals surface area contributed by atoms with E-state index in [2.05, 4.69) is 20.6 Å². The number of hydrogen-bond donors (Lipinski definition) is 2. The minimum Gasteiger partial charge on any atom is -0.311 e. The Kier molecular flexibility index (Phi) is 3.63. The number of carbonyl (C=O) groups excluding carboxylic acids is 1. The zero-order valence-corrected chi connectivity index (χ0v) is 14.0. The highest BCUT2D eigenvalue weighted by Gasteiger charge is 2.32. The van der Waals surface area contributed by atoms with Crippen LogP contribution >= 0.6 is 0 Å². The maximum absolute atomic E-state index is 13.2. The van der Waals surface area contributed by atoms with Gasteiger partial charge < -0.3 is 5.32 Å². The minimum atomic E-state index is -0.289. The molecule has 0 saturated heterocycles. The topological polar surface area (TPSA) is 75.6 Å². The van der Waals surface area contributed by atoms with Gasteiger partial charge in [-0.15, -0.1) is 0 Å². The number of benzene rings is 1. The summed E-state index contributed by atoms with van der Waals surface area (Å²) >= 11 is 0. The summed E-state index contributed by atoms with van der Waals surface area (Å²) in [6, 6.07) is 6.37. The van der Waals surface area contributed by atoms with E-state index in [9.17, 15) is 9.18 Å². The standard InChI is InChI=1S/C18H18FN5O/c1-10(2)24-18-15(9-21-24)13(7-16(25)22-18)14-8-20-23-17(14)11-3-5-12(19)6-4-11/h3-6,8-10,13H,7H2,1-2H3,(H,20,23)(H,22,25)/t13-/m0/s1. The van der Waals surface area contributed by atoms with Crippen molar-refractivity contribution in [3.63, 3.8) is 0 Å². The van der Waals surface area contributed by atoms with Crippen molar-refractivity contribution in [3.05, 3.63) is 53.6 Å². The maximum Gasteiger partial charge on any atom is 0.226 e. The Balaban J connectivity index is 1.81. The van der Waals surface area contributed by atoms with Crippen molar-refractivity contribution in [3.8, 4) is 11.3 Å². The molecule has 1 aliphatic rings. The van der Waals surface area contributed by atoms with Crippen LogP contribution in [0.4, 0.5) is 10.2 Å². The van der Waals surface area contributed by atoms with Crippen molar-refractivity contribution in [2.24, 2.45) is 0 Å². The highest BCUT2D eigenvalue weighted by atomic mass is 19.1. The van der Waals surface area contributed by atoms with Crippen LogP contribution in [-0.2, 0) is 4.79 Å². The summed E-state index contributed by atoms with van der Waals surface area (Å²) in [5, 5.41) is 14.5.